The molecule has 0 aromatic heterocycles. The van der Waals surface area contributed by atoms with Gasteiger partial charge in [0, 0.05) is 26.2 Å². The second-order valence-electron chi connectivity index (χ2n) is 7.11. The molecule has 1 heterocycles. The van der Waals surface area contributed by atoms with Crippen LogP contribution in [0.5, 0.6) is 0 Å². The fourth-order valence-corrected chi connectivity index (χ4v) is 2.82. The lowest BCUT2D eigenvalue weighted by Crippen LogP contribution is -2.49. The highest BCUT2D eigenvalue weighted by Gasteiger charge is 2.29. The molecule has 1 aliphatic heterocycles. The molecule has 1 saturated heterocycles. The van der Waals surface area contributed by atoms with Crippen molar-refractivity contribution >= 4 is 6.09 Å². The molecule has 22 heavy (non-hydrogen) atoms. The monoisotopic (exact) mass is 304 g/mol. The van der Waals surface area contributed by atoms with Gasteiger partial charge in [-0.1, -0.05) is 30.3 Å². The lowest BCUT2D eigenvalue weighted by Gasteiger charge is -2.38. The Labute approximate surface area is 134 Å². The lowest BCUT2D eigenvalue weighted by molar-refractivity contribution is 0.0130. The van der Waals surface area contributed by atoms with Gasteiger partial charge in [0.2, 0.25) is 0 Å². The SMILES string of the molecule is CN(C(=O)OC(C)(C)C)[C@H]1CCCN(Cc2ccccc2)C1. The Morgan fingerprint density at radius 2 is 2.00 bits per heavy atom. The van der Waals surface area contributed by atoms with Crippen LogP contribution in [0.1, 0.15) is 39.2 Å². The average Bonchev–Trinajstić information content (AvgIpc) is 2.46. The summed E-state index contributed by atoms with van der Waals surface area (Å²) < 4.78 is 5.47. The molecule has 1 atom stereocenters. The van der Waals surface area contributed by atoms with Crippen LogP contribution in [0.2, 0.25) is 0 Å². The van der Waals surface area contributed by atoms with Gasteiger partial charge < -0.3 is 9.64 Å². The predicted octanol–water partition coefficient (Wildman–Crippen LogP) is 3.52. The van der Waals surface area contributed by atoms with E-state index in [-0.39, 0.29) is 12.1 Å². The summed E-state index contributed by atoms with van der Waals surface area (Å²) in [6, 6.07) is 10.7. The molecule has 0 spiro atoms. The molecule has 0 aliphatic carbocycles. The number of carbonyl (C=O) groups excluding carboxylic acids is 1. The molecule has 0 N–H and O–H groups in total. The van der Waals surface area contributed by atoms with Crippen LogP contribution in [-0.4, -0.2) is 47.7 Å². The van der Waals surface area contributed by atoms with Gasteiger partial charge in [0.1, 0.15) is 5.60 Å². The second-order valence-corrected chi connectivity index (χ2v) is 7.11. The number of piperidine rings is 1. The van der Waals surface area contributed by atoms with Crippen LogP contribution in [0, 0.1) is 0 Å². The quantitative estimate of drug-likeness (QED) is 0.856. The summed E-state index contributed by atoms with van der Waals surface area (Å²) in [6.45, 7) is 8.65. The highest BCUT2D eigenvalue weighted by Crippen LogP contribution is 2.19. The van der Waals surface area contributed by atoms with Crippen molar-refractivity contribution in [3.63, 3.8) is 0 Å². The lowest BCUT2D eigenvalue weighted by atomic mass is 10.0. The van der Waals surface area contributed by atoms with E-state index >= 15 is 0 Å². The number of hydrogen-bond acceptors (Lipinski definition) is 3. The van der Waals surface area contributed by atoms with E-state index in [0.29, 0.717) is 0 Å². The fraction of sp³-hybridized carbons (Fsp3) is 0.611. The third-order valence-corrected chi connectivity index (χ3v) is 3.96. The first-order chi connectivity index (χ1) is 10.3. The van der Waals surface area contributed by atoms with Crippen LogP contribution in [-0.2, 0) is 11.3 Å². The van der Waals surface area contributed by atoms with Crippen LogP contribution in [0.15, 0.2) is 30.3 Å². The smallest absolute Gasteiger partial charge is 0.410 e. The zero-order valence-corrected chi connectivity index (χ0v) is 14.2. The molecule has 4 nitrogen and oxygen atoms in total. The molecule has 1 aromatic rings. The van der Waals surface area contributed by atoms with Gasteiger partial charge >= 0.3 is 6.09 Å². The molecule has 2 rings (SSSR count). The van der Waals surface area contributed by atoms with Crippen molar-refractivity contribution in [2.75, 3.05) is 20.1 Å². The van der Waals surface area contributed by atoms with Crippen molar-refractivity contribution < 1.29 is 9.53 Å². The molecule has 1 amide bonds. The highest BCUT2D eigenvalue weighted by atomic mass is 16.6. The molecular weight excluding hydrogens is 276 g/mol. The van der Waals surface area contributed by atoms with Gasteiger partial charge in [0.25, 0.3) is 0 Å². The molecule has 1 fully saturated rings. The minimum Gasteiger partial charge on any atom is -0.444 e. The van der Waals surface area contributed by atoms with E-state index in [2.05, 4.69) is 29.2 Å². The Morgan fingerprint density at radius 3 is 2.64 bits per heavy atom. The van der Waals surface area contributed by atoms with Gasteiger partial charge in [-0.2, -0.15) is 0 Å². The number of ether oxygens (including phenoxy) is 1. The average molecular weight is 304 g/mol. The first-order valence-electron chi connectivity index (χ1n) is 8.07. The molecular formula is C18H28N2O2. The maximum absolute atomic E-state index is 12.2. The molecule has 0 unspecified atom stereocenters. The van der Waals surface area contributed by atoms with E-state index in [1.807, 2.05) is 33.9 Å². The summed E-state index contributed by atoms with van der Waals surface area (Å²) in [6.07, 6.45) is 1.94. The Balaban J connectivity index is 1.91. The van der Waals surface area contributed by atoms with E-state index in [1.54, 1.807) is 4.90 Å². The van der Waals surface area contributed by atoms with Gasteiger partial charge in [0.05, 0.1) is 0 Å². The molecule has 0 radical (unpaired) electrons. The van der Waals surface area contributed by atoms with Crippen molar-refractivity contribution in [2.24, 2.45) is 0 Å². The third kappa shape index (κ3) is 5.02. The van der Waals surface area contributed by atoms with Crippen LogP contribution in [0.3, 0.4) is 0 Å². The van der Waals surface area contributed by atoms with Crippen LogP contribution >= 0.6 is 0 Å². The molecule has 0 saturated carbocycles. The summed E-state index contributed by atoms with van der Waals surface area (Å²) in [4.78, 5) is 16.4. The fourth-order valence-electron chi connectivity index (χ4n) is 2.82. The van der Waals surface area contributed by atoms with E-state index in [9.17, 15) is 4.79 Å². The number of nitrogens with zero attached hydrogens (tertiary/aromatic N) is 2. The zero-order valence-electron chi connectivity index (χ0n) is 14.2. The number of carbonyl (C=O) groups is 1. The van der Waals surface area contributed by atoms with Gasteiger partial charge in [-0.25, -0.2) is 4.79 Å². The number of benzene rings is 1. The minimum atomic E-state index is -0.441. The predicted molar refractivity (Wildman–Crippen MR) is 88.7 cm³/mol. The van der Waals surface area contributed by atoms with Crippen LogP contribution < -0.4 is 0 Å². The molecule has 122 valence electrons. The summed E-state index contributed by atoms with van der Waals surface area (Å²) in [7, 11) is 1.85. The Kier molecular flexibility index (Phi) is 5.46. The maximum Gasteiger partial charge on any atom is 0.410 e. The van der Waals surface area contributed by atoms with Crippen molar-refractivity contribution in [1.82, 2.24) is 9.80 Å². The Hall–Kier alpha value is -1.55. The standard InChI is InChI=1S/C18H28N2O2/c1-18(2,3)22-17(21)19(4)16-11-8-12-20(14-16)13-15-9-6-5-7-10-15/h5-7,9-10,16H,8,11-14H2,1-4H3/t16-/m0/s1. The summed E-state index contributed by atoms with van der Waals surface area (Å²) in [5.41, 5.74) is 0.882. The molecule has 1 aromatic carbocycles. The van der Waals surface area contributed by atoms with Crippen molar-refractivity contribution in [1.29, 1.82) is 0 Å². The molecule has 1 aliphatic rings. The number of hydrogen-bond donors (Lipinski definition) is 0. The summed E-state index contributed by atoms with van der Waals surface area (Å²) in [5.74, 6) is 0. The van der Waals surface area contributed by atoms with Crippen LogP contribution in [0.4, 0.5) is 4.79 Å². The van der Waals surface area contributed by atoms with E-state index in [1.165, 1.54) is 5.56 Å². The normalized spacial score (nSPS) is 19.7. The van der Waals surface area contributed by atoms with Gasteiger partial charge in [-0.3, -0.25) is 4.90 Å². The zero-order chi connectivity index (χ0) is 16.2. The first kappa shape index (κ1) is 16.8. The summed E-state index contributed by atoms with van der Waals surface area (Å²) in [5, 5.41) is 0. The van der Waals surface area contributed by atoms with E-state index < -0.39 is 5.60 Å². The number of rotatable bonds is 3. The van der Waals surface area contributed by atoms with Gasteiger partial charge in [-0.15, -0.1) is 0 Å². The van der Waals surface area contributed by atoms with Crippen LogP contribution in [0.25, 0.3) is 0 Å². The Morgan fingerprint density at radius 1 is 1.32 bits per heavy atom. The first-order valence-corrected chi connectivity index (χ1v) is 8.07. The largest absolute Gasteiger partial charge is 0.444 e. The number of amides is 1. The second kappa shape index (κ2) is 7.14. The summed E-state index contributed by atoms with van der Waals surface area (Å²) >= 11 is 0. The minimum absolute atomic E-state index is 0.223. The van der Waals surface area contributed by atoms with Crippen molar-refractivity contribution in [2.45, 2.75) is 51.8 Å². The maximum atomic E-state index is 12.2. The number of likely N-dealkylation sites (N-methyl/N-ethyl adjacent to an activating group) is 1. The van der Waals surface area contributed by atoms with E-state index in [0.717, 1.165) is 32.5 Å². The molecule has 4 heteroatoms. The van der Waals surface area contributed by atoms with Crippen molar-refractivity contribution in [3.05, 3.63) is 35.9 Å². The van der Waals surface area contributed by atoms with Gasteiger partial charge in [-0.05, 0) is 45.7 Å². The molecule has 0 bridgehead atoms. The van der Waals surface area contributed by atoms with Crippen molar-refractivity contribution in [3.8, 4) is 0 Å². The van der Waals surface area contributed by atoms with Gasteiger partial charge in [0.15, 0.2) is 0 Å². The highest BCUT2D eigenvalue weighted by molar-refractivity contribution is 5.68. The number of likely N-dealkylation sites (tertiary alicyclic amines) is 1. The Bertz CT molecular complexity index is 482. The van der Waals surface area contributed by atoms with E-state index in [4.69, 9.17) is 4.74 Å². The third-order valence-electron chi connectivity index (χ3n) is 3.96. The topological polar surface area (TPSA) is 32.8 Å².